The van der Waals surface area contributed by atoms with E-state index in [9.17, 15) is 10.2 Å². The maximum Gasteiger partial charge on any atom is 0.199 e. The number of nitrogens with zero attached hydrogens (tertiary/aromatic N) is 3. The number of fused-ring (bicyclic) bond motifs is 1. The molecule has 23 heavy (non-hydrogen) atoms. The van der Waals surface area contributed by atoms with Crippen LogP contribution in [0.2, 0.25) is 0 Å². The molecule has 3 rings (SSSR count). The fourth-order valence-electron chi connectivity index (χ4n) is 2.67. The number of guanidine groups is 1. The van der Waals surface area contributed by atoms with Crippen molar-refractivity contribution in [3.8, 4) is 11.3 Å². The Kier molecular flexibility index (Phi) is 3.79. The normalized spacial score (nSPS) is 32.6. The van der Waals surface area contributed by atoms with Crippen molar-refractivity contribution in [2.45, 2.75) is 24.0 Å². The van der Waals surface area contributed by atoms with Gasteiger partial charge in [0.2, 0.25) is 0 Å². The van der Waals surface area contributed by atoms with E-state index < -0.39 is 30.6 Å². The molecule has 1 fully saturated rings. The lowest BCUT2D eigenvalue weighted by Gasteiger charge is -2.28. The first kappa shape index (κ1) is 15.8. The molecule has 1 aromatic heterocycles. The molecule has 3 heterocycles. The van der Waals surface area contributed by atoms with Gasteiger partial charge in [0.15, 0.2) is 23.5 Å². The van der Waals surface area contributed by atoms with Crippen LogP contribution in [0.3, 0.4) is 0 Å². The first-order valence-corrected chi connectivity index (χ1v) is 7.03. The van der Waals surface area contributed by atoms with E-state index in [1.165, 1.54) is 10.9 Å². The van der Waals surface area contributed by atoms with Crippen LogP contribution in [0.4, 0.5) is 5.82 Å². The number of aromatic nitrogens is 2. The molecule has 7 N–H and O–H groups in total. The Bertz CT molecular complexity index is 751. The van der Waals surface area contributed by atoms with Crippen LogP contribution in [0, 0.1) is 11.3 Å². The number of nitrogens with one attached hydrogen (secondary N) is 1. The number of nitrogens with two attached hydrogens (primary N) is 2. The quantitative estimate of drug-likeness (QED) is 0.415. The smallest absolute Gasteiger partial charge is 0.199 e. The molecule has 0 aliphatic carbocycles. The van der Waals surface area contributed by atoms with Crippen LogP contribution < -0.4 is 16.8 Å². The zero-order valence-electron chi connectivity index (χ0n) is 11.9. The first-order chi connectivity index (χ1) is 10.9. The third-order valence-electron chi connectivity index (χ3n) is 3.81. The van der Waals surface area contributed by atoms with E-state index in [0.717, 1.165) is 0 Å². The fraction of sp³-hybridized carbons (Fsp3) is 0.385. The van der Waals surface area contributed by atoms with Crippen molar-refractivity contribution in [2.24, 2.45) is 16.5 Å². The molecule has 1 aromatic rings. The molecule has 2 aliphatic rings. The molecule has 0 saturated carbocycles. The van der Waals surface area contributed by atoms with Gasteiger partial charge in [-0.2, -0.15) is 4.99 Å². The number of hydrogen-bond donors (Lipinski definition) is 5. The molecule has 10 heteroatoms. The van der Waals surface area contributed by atoms with Gasteiger partial charge >= 0.3 is 0 Å². The monoisotopic (exact) mass is 338 g/mol. The second-order valence-corrected chi connectivity index (χ2v) is 5.42. The molecular formula is C13H15ClN6O3. The summed E-state index contributed by atoms with van der Waals surface area (Å²) in [5, 5.41) is 24.6. The summed E-state index contributed by atoms with van der Waals surface area (Å²) in [7, 11) is 0. The summed E-state index contributed by atoms with van der Waals surface area (Å²) in [6.07, 6.45) is -1.73. The molecule has 0 spiro atoms. The van der Waals surface area contributed by atoms with Crippen LogP contribution in [0.15, 0.2) is 17.9 Å². The van der Waals surface area contributed by atoms with Gasteiger partial charge in [-0.05, 0) is 11.6 Å². The van der Waals surface area contributed by atoms with Gasteiger partial charge in [-0.15, -0.1) is 0 Å². The second kappa shape index (κ2) is 5.52. The number of ether oxygens (including phenoxy) is 1. The number of aliphatic imine (C=N–C) groups is 1. The minimum atomic E-state index is -1.56. The van der Waals surface area contributed by atoms with Gasteiger partial charge in [0.25, 0.3) is 0 Å². The topological polar surface area (TPSA) is 144 Å². The van der Waals surface area contributed by atoms with E-state index in [4.69, 9.17) is 27.8 Å². The highest BCUT2D eigenvalue weighted by Gasteiger charge is 2.54. The molecule has 0 amide bonds. The van der Waals surface area contributed by atoms with Crippen LogP contribution >= 0.6 is 11.6 Å². The van der Waals surface area contributed by atoms with E-state index in [1.54, 1.807) is 0 Å². The molecule has 0 aromatic carbocycles. The Labute approximate surface area is 136 Å². The van der Waals surface area contributed by atoms with Crippen molar-refractivity contribution >= 4 is 29.1 Å². The third-order valence-corrected chi connectivity index (χ3v) is 3.90. The van der Waals surface area contributed by atoms with Crippen LogP contribution in [0.5, 0.6) is 0 Å². The van der Waals surface area contributed by atoms with E-state index in [2.05, 4.69) is 33.2 Å². The molecule has 1 saturated heterocycles. The van der Waals surface area contributed by atoms with Gasteiger partial charge in [-0.25, -0.2) is 4.98 Å². The first-order valence-electron chi connectivity index (χ1n) is 6.65. The highest BCUT2D eigenvalue weighted by Crippen LogP contribution is 2.40. The van der Waals surface area contributed by atoms with Crippen LogP contribution in [-0.2, 0) is 4.74 Å². The van der Waals surface area contributed by atoms with Gasteiger partial charge in [0, 0.05) is 5.38 Å². The Balaban J connectivity index is 2.11. The number of imidazole rings is 1. The molecule has 0 radical (unpaired) electrons. The minimum Gasteiger partial charge on any atom is -0.394 e. The van der Waals surface area contributed by atoms with Crippen molar-refractivity contribution in [3.05, 3.63) is 18.6 Å². The summed E-state index contributed by atoms with van der Waals surface area (Å²) in [4.78, 5) is 8.36. The van der Waals surface area contributed by atoms with E-state index in [1.807, 2.05) is 0 Å². The number of hydrogen-bond acceptors (Lipinski definition) is 8. The summed E-state index contributed by atoms with van der Waals surface area (Å²) in [5.74, 6) is 3.03. The highest BCUT2D eigenvalue weighted by atomic mass is 35.5. The average molecular weight is 339 g/mol. The molecule has 9 nitrogen and oxygen atoms in total. The van der Waals surface area contributed by atoms with Crippen molar-refractivity contribution in [1.29, 1.82) is 0 Å². The summed E-state index contributed by atoms with van der Waals surface area (Å²) < 4.78 is 7.13. The van der Waals surface area contributed by atoms with Crippen LogP contribution in [0.25, 0.3) is 5.70 Å². The minimum absolute atomic E-state index is 0.132. The molecular weight excluding hydrogens is 324 g/mol. The zero-order chi connectivity index (χ0) is 16.8. The Hall–Kier alpha value is -2.09. The predicted octanol–water partition coefficient (Wildman–Crippen LogP) is -1.45. The van der Waals surface area contributed by atoms with Crippen molar-refractivity contribution in [3.63, 3.8) is 0 Å². The van der Waals surface area contributed by atoms with Crippen LogP contribution in [0.1, 0.15) is 11.9 Å². The van der Waals surface area contributed by atoms with Gasteiger partial charge in [-0.3, -0.25) is 4.57 Å². The summed E-state index contributed by atoms with van der Waals surface area (Å²) >= 11 is 5.48. The number of rotatable bonds is 2. The van der Waals surface area contributed by atoms with Gasteiger partial charge < -0.3 is 31.7 Å². The lowest BCUT2D eigenvalue weighted by Crippen LogP contribution is -2.53. The number of halogens is 1. The third kappa shape index (κ3) is 2.28. The summed E-state index contributed by atoms with van der Waals surface area (Å²) in [6, 6.07) is 0. The lowest BCUT2D eigenvalue weighted by atomic mass is 9.92. The Morgan fingerprint density at radius 3 is 3.00 bits per heavy atom. The van der Waals surface area contributed by atoms with Gasteiger partial charge in [0.05, 0.1) is 18.6 Å². The van der Waals surface area contributed by atoms with E-state index in [-0.39, 0.29) is 5.96 Å². The van der Waals surface area contributed by atoms with E-state index in [0.29, 0.717) is 17.2 Å². The molecule has 2 unspecified atom stereocenters. The van der Waals surface area contributed by atoms with Crippen molar-refractivity contribution in [1.82, 2.24) is 14.9 Å². The largest absolute Gasteiger partial charge is 0.394 e. The highest BCUT2D eigenvalue weighted by molar-refractivity contribution is 6.30. The Morgan fingerprint density at radius 1 is 1.61 bits per heavy atom. The predicted molar refractivity (Wildman–Crippen MR) is 83.2 cm³/mol. The molecule has 4 atom stereocenters. The zero-order valence-corrected chi connectivity index (χ0v) is 12.7. The Morgan fingerprint density at radius 2 is 2.35 bits per heavy atom. The van der Waals surface area contributed by atoms with Crippen molar-refractivity contribution in [2.75, 3.05) is 6.61 Å². The standard InChI is InChI=1S/C13H15ClN6O3/c1-6-8-10(19-12(15)18-6)20(5-17-8)11-13(16,2-3-14)9(22)7(4-21)23-11/h5,7,9,11,21-22H,1,4,16H2,(H3,15,18,19)/t7?,9?,11-,13-/m1/s1. The van der Waals surface area contributed by atoms with Gasteiger partial charge in [-0.1, -0.05) is 12.5 Å². The van der Waals surface area contributed by atoms with Gasteiger partial charge in [0.1, 0.15) is 17.9 Å². The maximum absolute atomic E-state index is 10.3. The SMILES string of the molecule is C=C1NC(N)=Nc2c1ncn2[C@@H]1OC(CO)C(O)[C@]1(N)C#CCl. The van der Waals surface area contributed by atoms with E-state index >= 15 is 0 Å². The fourth-order valence-corrected chi connectivity index (χ4v) is 2.83. The van der Waals surface area contributed by atoms with Crippen LogP contribution in [-0.4, -0.2) is 50.1 Å². The molecule has 122 valence electrons. The summed E-state index contributed by atoms with van der Waals surface area (Å²) in [5.41, 5.74) is 11.3. The summed E-state index contributed by atoms with van der Waals surface area (Å²) in [6.45, 7) is 3.37. The molecule has 0 bridgehead atoms. The molecule has 2 aliphatic heterocycles. The number of aliphatic hydroxyl groups is 2. The average Bonchev–Trinajstić information content (AvgIpc) is 3.01. The lowest BCUT2D eigenvalue weighted by molar-refractivity contribution is -0.0453. The maximum atomic E-state index is 10.3. The second-order valence-electron chi connectivity index (χ2n) is 5.23. The van der Waals surface area contributed by atoms with Crippen molar-refractivity contribution < 1.29 is 14.9 Å². The number of aliphatic hydroxyl groups excluding tert-OH is 2.